The number of amides is 1. The zero-order valence-corrected chi connectivity index (χ0v) is 16.1. The number of rotatable bonds is 4. The number of alkyl carbamates (subject to hydrolysis) is 1. The van der Waals surface area contributed by atoms with E-state index in [1.54, 1.807) is 25.7 Å². The van der Waals surface area contributed by atoms with Crippen LogP contribution in [0.25, 0.3) is 0 Å². The minimum atomic E-state index is -1.22. The molecule has 2 rings (SSSR count). The molecule has 150 valence electrons. The lowest BCUT2D eigenvalue weighted by Gasteiger charge is -2.37. The minimum Gasteiger partial charge on any atom is -0.468 e. The van der Waals surface area contributed by atoms with Crippen LogP contribution in [0.2, 0.25) is 0 Å². The number of hydrogen-bond acceptors (Lipinski definition) is 5. The van der Waals surface area contributed by atoms with E-state index in [1.807, 2.05) is 0 Å². The predicted molar refractivity (Wildman–Crippen MR) is 95.1 cm³/mol. The Morgan fingerprint density at radius 2 is 1.89 bits per heavy atom. The van der Waals surface area contributed by atoms with E-state index in [9.17, 15) is 18.4 Å². The summed E-state index contributed by atoms with van der Waals surface area (Å²) in [5, 5.41) is 2.76. The molecule has 0 radical (unpaired) electrons. The zero-order chi connectivity index (χ0) is 20.2. The van der Waals surface area contributed by atoms with E-state index in [0.717, 1.165) is 12.1 Å². The van der Waals surface area contributed by atoms with Crippen molar-refractivity contribution >= 4 is 12.1 Å². The van der Waals surface area contributed by atoms with Gasteiger partial charge in [0.1, 0.15) is 23.3 Å². The minimum absolute atomic E-state index is 0.243. The Bertz CT molecular complexity index is 671. The quantitative estimate of drug-likeness (QED) is 0.808. The Balaban J connectivity index is 2.19. The Labute approximate surface area is 157 Å². The van der Waals surface area contributed by atoms with Gasteiger partial charge in [0.25, 0.3) is 0 Å². The molecule has 1 N–H and O–H groups in total. The van der Waals surface area contributed by atoms with Gasteiger partial charge in [-0.25, -0.2) is 18.4 Å². The summed E-state index contributed by atoms with van der Waals surface area (Å²) in [6.07, 6.45) is 0.744. The number of nitrogens with one attached hydrogen (secondary N) is 1. The summed E-state index contributed by atoms with van der Waals surface area (Å²) in [7, 11) is 1.18. The molecule has 0 aromatic heterocycles. The predicted octanol–water partition coefficient (Wildman–Crippen LogP) is 3.17. The molecule has 1 aromatic rings. The van der Waals surface area contributed by atoms with Crippen molar-refractivity contribution in [2.24, 2.45) is 0 Å². The number of halogens is 2. The van der Waals surface area contributed by atoms with E-state index >= 15 is 0 Å². The number of likely N-dealkylation sites (tertiary alicyclic amines) is 1. The lowest BCUT2D eigenvalue weighted by molar-refractivity contribution is -0.148. The van der Waals surface area contributed by atoms with Crippen molar-refractivity contribution in [1.82, 2.24) is 10.2 Å². The van der Waals surface area contributed by atoms with Crippen molar-refractivity contribution in [3.05, 3.63) is 35.4 Å². The van der Waals surface area contributed by atoms with Gasteiger partial charge in [-0.2, -0.15) is 0 Å². The first-order chi connectivity index (χ1) is 12.6. The number of benzene rings is 1. The molecule has 1 saturated heterocycles. The summed E-state index contributed by atoms with van der Waals surface area (Å²) in [5.74, 6) is -2.38. The average Bonchev–Trinajstić information content (AvgIpc) is 2.56. The first-order valence-corrected chi connectivity index (χ1v) is 8.87. The van der Waals surface area contributed by atoms with Crippen LogP contribution in [0.3, 0.4) is 0 Å². The third-order valence-corrected chi connectivity index (χ3v) is 4.24. The maximum Gasteiger partial charge on any atom is 0.407 e. The van der Waals surface area contributed by atoms with Gasteiger partial charge in [-0.3, -0.25) is 4.90 Å². The number of esters is 1. The Hall–Kier alpha value is -2.22. The highest BCUT2D eigenvalue weighted by Crippen LogP contribution is 2.30. The Kier molecular flexibility index (Phi) is 6.75. The van der Waals surface area contributed by atoms with Crippen LogP contribution in [-0.4, -0.2) is 48.8 Å². The van der Waals surface area contributed by atoms with Gasteiger partial charge in [0.15, 0.2) is 0 Å². The lowest BCUT2D eigenvalue weighted by atomic mass is 9.98. The molecule has 6 nitrogen and oxygen atoms in total. The lowest BCUT2D eigenvalue weighted by Crippen LogP contribution is -2.51. The van der Waals surface area contributed by atoms with Crippen molar-refractivity contribution in [2.45, 2.75) is 51.3 Å². The van der Waals surface area contributed by atoms with E-state index in [0.29, 0.717) is 19.4 Å². The van der Waals surface area contributed by atoms with Crippen molar-refractivity contribution in [2.75, 3.05) is 20.2 Å². The Morgan fingerprint density at radius 1 is 1.26 bits per heavy atom. The molecule has 1 aromatic carbocycles. The SMILES string of the molecule is COC(=O)C(c1c(F)cccc1F)N1CCCC(NC(=O)OC(C)(C)C)C1. The molecule has 1 heterocycles. The van der Waals surface area contributed by atoms with E-state index in [-0.39, 0.29) is 18.2 Å². The van der Waals surface area contributed by atoms with Crippen molar-refractivity contribution < 1.29 is 27.8 Å². The fourth-order valence-corrected chi connectivity index (χ4v) is 3.17. The van der Waals surface area contributed by atoms with E-state index in [4.69, 9.17) is 9.47 Å². The molecular formula is C19H26F2N2O4. The Morgan fingerprint density at radius 3 is 2.44 bits per heavy atom. The third-order valence-electron chi connectivity index (χ3n) is 4.24. The maximum atomic E-state index is 14.3. The van der Waals surface area contributed by atoms with Crippen molar-refractivity contribution in [3.8, 4) is 0 Å². The number of piperidine rings is 1. The molecule has 0 aliphatic carbocycles. The normalized spacial score (nSPS) is 19.3. The number of hydrogen-bond donors (Lipinski definition) is 1. The molecule has 1 fully saturated rings. The molecule has 27 heavy (non-hydrogen) atoms. The molecule has 0 saturated carbocycles. The van der Waals surface area contributed by atoms with Gasteiger partial charge < -0.3 is 14.8 Å². The molecular weight excluding hydrogens is 358 g/mol. The van der Waals surface area contributed by atoms with E-state index < -0.39 is 35.3 Å². The molecule has 2 atom stereocenters. The number of carbonyl (C=O) groups is 2. The first kappa shape index (κ1) is 21.1. The van der Waals surface area contributed by atoms with Crippen LogP contribution in [0.15, 0.2) is 18.2 Å². The maximum absolute atomic E-state index is 14.3. The fraction of sp³-hybridized carbons (Fsp3) is 0.579. The first-order valence-electron chi connectivity index (χ1n) is 8.87. The van der Waals surface area contributed by atoms with Crippen LogP contribution in [0.1, 0.15) is 45.2 Å². The highest BCUT2D eigenvalue weighted by molar-refractivity contribution is 5.77. The van der Waals surface area contributed by atoms with Gasteiger partial charge in [0, 0.05) is 12.6 Å². The third kappa shape index (κ3) is 5.63. The van der Waals surface area contributed by atoms with Gasteiger partial charge in [0.05, 0.1) is 12.7 Å². The number of ether oxygens (including phenoxy) is 2. The summed E-state index contributed by atoms with van der Waals surface area (Å²) in [6.45, 7) is 5.96. The number of nitrogens with zero attached hydrogens (tertiary/aromatic N) is 1. The van der Waals surface area contributed by atoms with Gasteiger partial charge >= 0.3 is 12.1 Å². The van der Waals surface area contributed by atoms with E-state index in [2.05, 4.69) is 5.32 Å². The number of methoxy groups -OCH3 is 1. The van der Waals surface area contributed by atoms with Gasteiger partial charge in [-0.05, 0) is 52.3 Å². The van der Waals surface area contributed by atoms with Crippen LogP contribution in [-0.2, 0) is 14.3 Å². The number of carbonyl (C=O) groups excluding carboxylic acids is 2. The second-order valence-corrected chi connectivity index (χ2v) is 7.54. The molecule has 1 aliphatic heterocycles. The second kappa shape index (κ2) is 8.65. The standard InChI is InChI=1S/C19H26F2N2O4/c1-19(2,3)27-18(25)22-12-7-6-10-23(11-12)16(17(24)26-4)15-13(20)8-5-9-14(15)21/h5,8-9,12,16H,6-7,10-11H2,1-4H3,(H,22,25). The smallest absolute Gasteiger partial charge is 0.407 e. The molecule has 1 aliphatic rings. The average molecular weight is 384 g/mol. The van der Waals surface area contributed by atoms with Crippen LogP contribution < -0.4 is 5.32 Å². The largest absolute Gasteiger partial charge is 0.468 e. The summed E-state index contributed by atoms with van der Waals surface area (Å²) in [4.78, 5) is 26.0. The fourth-order valence-electron chi connectivity index (χ4n) is 3.17. The van der Waals surface area contributed by atoms with Gasteiger partial charge in [-0.1, -0.05) is 6.07 Å². The monoisotopic (exact) mass is 384 g/mol. The van der Waals surface area contributed by atoms with Crippen LogP contribution in [0.4, 0.5) is 13.6 Å². The molecule has 8 heteroatoms. The highest BCUT2D eigenvalue weighted by atomic mass is 19.1. The zero-order valence-electron chi connectivity index (χ0n) is 16.1. The topological polar surface area (TPSA) is 67.9 Å². The van der Waals surface area contributed by atoms with Crippen LogP contribution in [0.5, 0.6) is 0 Å². The molecule has 2 unspecified atom stereocenters. The molecule has 0 spiro atoms. The van der Waals surface area contributed by atoms with E-state index in [1.165, 1.54) is 13.2 Å². The van der Waals surface area contributed by atoms with Gasteiger partial charge in [-0.15, -0.1) is 0 Å². The summed E-state index contributed by atoms with van der Waals surface area (Å²) >= 11 is 0. The highest BCUT2D eigenvalue weighted by Gasteiger charge is 2.36. The summed E-state index contributed by atoms with van der Waals surface area (Å²) in [5.41, 5.74) is -0.981. The second-order valence-electron chi connectivity index (χ2n) is 7.54. The van der Waals surface area contributed by atoms with Crippen molar-refractivity contribution in [3.63, 3.8) is 0 Å². The van der Waals surface area contributed by atoms with Gasteiger partial charge in [0.2, 0.25) is 0 Å². The molecule has 0 bridgehead atoms. The van der Waals surface area contributed by atoms with Crippen LogP contribution in [0, 0.1) is 11.6 Å². The van der Waals surface area contributed by atoms with Crippen LogP contribution >= 0.6 is 0 Å². The molecule has 1 amide bonds. The summed E-state index contributed by atoms with van der Waals surface area (Å²) < 4.78 is 38.6. The van der Waals surface area contributed by atoms with Crippen molar-refractivity contribution in [1.29, 1.82) is 0 Å². The summed E-state index contributed by atoms with van der Waals surface area (Å²) in [6, 6.07) is 1.92.